The number of rotatable bonds is 15. The van der Waals surface area contributed by atoms with Crippen LogP contribution in [0.1, 0.15) is 84.6 Å². The summed E-state index contributed by atoms with van der Waals surface area (Å²) < 4.78 is 11.1. The van der Waals surface area contributed by atoms with Gasteiger partial charge in [-0.3, -0.25) is 14.7 Å². The van der Waals surface area contributed by atoms with Crippen molar-refractivity contribution in [1.82, 2.24) is 9.88 Å². The van der Waals surface area contributed by atoms with E-state index in [-0.39, 0.29) is 18.6 Å². The second-order valence-corrected chi connectivity index (χ2v) is 10.2. The molecular formula is C30H45N3O3. The summed E-state index contributed by atoms with van der Waals surface area (Å²) in [5, 5.41) is 0. The Bertz CT molecular complexity index is 936. The number of unbranched alkanes of at least 4 members (excludes halogenated alkanes) is 1. The zero-order chi connectivity index (χ0) is 25.9. The normalized spacial score (nSPS) is 15.1. The van der Waals surface area contributed by atoms with Crippen LogP contribution in [0.25, 0.3) is 0 Å². The molecule has 1 unspecified atom stereocenters. The first-order valence-electron chi connectivity index (χ1n) is 13.8. The zero-order valence-corrected chi connectivity index (χ0v) is 22.9. The van der Waals surface area contributed by atoms with Crippen molar-refractivity contribution in [2.24, 2.45) is 5.92 Å². The van der Waals surface area contributed by atoms with Crippen molar-refractivity contribution in [1.29, 1.82) is 0 Å². The van der Waals surface area contributed by atoms with E-state index >= 15 is 0 Å². The monoisotopic (exact) mass is 495 g/mol. The van der Waals surface area contributed by atoms with E-state index in [4.69, 9.17) is 9.47 Å². The molecule has 2 aromatic rings. The molecule has 0 spiro atoms. The van der Waals surface area contributed by atoms with Crippen LogP contribution in [0.4, 0.5) is 5.69 Å². The summed E-state index contributed by atoms with van der Waals surface area (Å²) in [7, 11) is 0. The third-order valence-corrected chi connectivity index (χ3v) is 7.25. The van der Waals surface area contributed by atoms with Gasteiger partial charge in [0.25, 0.3) is 0 Å². The first-order valence-corrected chi connectivity index (χ1v) is 13.8. The molecule has 3 atom stereocenters. The van der Waals surface area contributed by atoms with Crippen LogP contribution in [0.15, 0.2) is 42.7 Å². The first kappa shape index (κ1) is 28.0. The van der Waals surface area contributed by atoms with Gasteiger partial charge in [-0.25, -0.2) is 0 Å². The molecular weight excluding hydrogens is 450 g/mol. The van der Waals surface area contributed by atoms with Crippen molar-refractivity contribution >= 4 is 11.6 Å². The van der Waals surface area contributed by atoms with E-state index in [0.717, 1.165) is 56.0 Å². The van der Waals surface area contributed by atoms with E-state index in [1.165, 1.54) is 18.4 Å². The Balaban J connectivity index is 1.82. The van der Waals surface area contributed by atoms with Crippen LogP contribution < -0.4 is 14.4 Å². The molecule has 6 nitrogen and oxygen atoms in total. The number of aromatic nitrogens is 1. The SMILES string of the molecule is CCCCN(C(=O)CN(C[C@@H](C)c1ccc2c(c1)OCO2)[C@H](CC)CC(C)CCC)c1cccnc1. The van der Waals surface area contributed by atoms with Crippen LogP contribution in [-0.2, 0) is 4.79 Å². The third kappa shape index (κ3) is 7.70. The van der Waals surface area contributed by atoms with Gasteiger partial charge in [0.05, 0.1) is 18.4 Å². The summed E-state index contributed by atoms with van der Waals surface area (Å²) in [6.45, 7) is 13.5. The van der Waals surface area contributed by atoms with Crippen molar-refractivity contribution in [2.45, 2.75) is 85.1 Å². The summed E-state index contributed by atoms with van der Waals surface area (Å²) in [6, 6.07) is 10.5. The molecule has 1 aliphatic heterocycles. The fourth-order valence-corrected chi connectivity index (χ4v) is 5.16. The molecule has 0 aliphatic carbocycles. The fourth-order valence-electron chi connectivity index (χ4n) is 5.16. The highest BCUT2D eigenvalue weighted by Crippen LogP contribution is 2.35. The van der Waals surface area contributed by atoms with Gasteiger partial charge in [0.2, 0.25) is 12.7 Å². The molecule has 1 aliphatic rings. The molecule has 1 amide bonds. The van der Waals surface area contributed by atoms with E-state index in [1.54, 1.807) is 12.4 Å². The van der Waals surface area contributed by atoms with Crippen molar-refractivity contribution in [3.8, 4) is 11.5 Å². The van der Waals surface area contributed by atoms with E-state index in [9.17, 15) is 4.79 Å². The highest BCUT2D eigenvalue weighted by atomic mass is 16.7. The molecule has 198 valence electrons. The first-order chi connectivity index (χ1) is 17.5. The van der Waals surface area contributed by atoms with Gasteiger partial charge in [0, 0.05) is 25.3 Å². The largest absolute Gasteiger partial charge is 0.454 e. The van der Waals surface area contributed by atoms with Crippen molar-refractivity contribution in [3.05, 3.63) is 48.3 Å². The maximum atomic E-state index is 13.8. The number of benzene rings is 1. The number of ether oxygens (including phenoxy) is 2. The molecule has 0 bridgehead atoms. The maximum absolute atomic E-state index is 13.8. The van der Waals surface area contributed by atoms with Crippen LogP contribution >= 0.6 is 0 Å². The molecule has 0 fully saturated rings. The van der Waals surface area contributed by atoms with Gasteiger partial charge in [-0.2, -0.15) is 0 Å². The van der Waals surface area contributed by atoms with Gasteiger partial charge in [0.1, 0.15) is 0 Å². The Morgan fingerprint density at radius 3 is 2.58 bits per heavy atom. The summed E-state index contributed by atoms with van der Waals surface area (Å²) in [5.41, 5.74) is 2.09. The van der Waals surface area contributed by atoms with Gasteiger partial charge in [-0.1, -0.05) is 59.9 Å². The second kappa shape index (κ2) is 14.2. The fraction of sp³-hybridized carbons (Fsp3) is 0.600. The number of fused-ring (bicyclic) bond motifs is 1. The van der Waals surface area contributed by atoms with Gasteiger partial charge in [0.15, 0.2) is 11.5 Å². The molecule has 2 heterocycles. The minimum atomic E-state index is 0.149. The van der Waals surface area contributed by atoms with E-state index in [2.05, 4.69) is 56.6 Å². The Labute approximate surface area is 218 Å². The second-order valence-electron chi connectivity index (χ2n) is 10.2. The molecule has 0 saturated heterocycles. The molecule has 36 heavy (non-hydrogen) atoms. The smallest absolute Gasteiger partial charge is 0.241 e. The molecule has 1 aromatic heterocycles. The summed E-state index contributed by atoms with van der Waals surface area (Å²) in [4.78, 5) is 22.4. The molecule has 0 saturated carbocycles. The minimum absolute atomic E-state index is 0.149. The van der Waals surface area contributed by atoms with Crippen LogP contribution in [-0.4, -0.2) is 48.3 Å². The van der Waals surface area contributed by atoms with Crippen LogP contribution in [0.3, 0.4) is 0 Å². The van der Waals surface area contributed by atoms with E-state index < -0.39 is 0 Å². The highest BCUT2D eigenvalue weighted by molar-refractivity contribution is 5.94. The number of amides is 1. The van der Waals surface area contributed by atoms with Gasteiger partial charge < -0.3 is 14.4 Å². The Morgan fingerprint density at radius 2 is 1.89 bits per heavy atom. The maximum Gasteiger partial charge on any atom is 0.241 e. The predicted molar refractivity (Wildman–Crippen MR) is 147 cm³/mol. The Morgan fingerprint density at radius 1 is 1.08 bits per heavy atom. The molecule has 1 aromatic carbocycles. The number of pyridine rings is 1. The lowest BCUT2D eigenvalue weighted by molar-refractivity contribution is -0.120. The molecule has 3 rings (SSSR count). The number of hydrogen-bond donors (Lipinski definition) is 0. The molecule has 6 heteroatoms. The van der Waals surface area contributed by atoms with Crippen molar-refractivity contribution < 1.29 is 14.3 Å². The van der Waals surface area contributed by atoms with Crippen LogP contribution in [0.5, 0.6) is 11.5 Å². The van der Waals surface area contributed by atoms with Crippen LogP contribution in [0.2, 0.25) is 0 Å². The summed E-state index contributed by atoms with van der Waals surface area (Å²) in [6.07, 6.45) is 10.1. The average molecular weight is 496 g/mol. The standard InChI is InChI=1S/C30H45N3O3/c1-6-9-16-33(27-12-10-15-31-19-27)30(34)21-32(26(8-3)17-23(4)11-7-2)20-24(5)25-13-14-28-29(18-25)36-22-35-28/h10,12-15,18-19,23-24,26H,6-9,11,16-17,20-22H2,1-5H3/t23?,24-,26-/m1/s1. The molecule has 0 radical (unpaired) electrons. The average Bonchev–Trinajstić information content (AvgIpc) is 3.36. The van der Waals surface area contributed by atoms with Gasteiger partial charge >= 0.3 is 0 Å². The predicted octanol–water partition coefficient (Wildman–Crippen LogP) is 6.65. The number of nitrogens with zero attached hydrogens (tertiary/aromatic N) is 3. The zero-order valence-electron chi connectivity index (χ0n) is 22.9. The lowest BCUT2D eigenvalue weighted by atomic mass is 9.93. The quantitative estimate of drug-likeness (QED) is 0.277. The van der Waals surface area contributed by atoms with Gasteiger partial charge in [-0.05, 0) is 60.9 Å². The number of hydrogen-bond acceptors (Lipinski definition) is 5. The van der Waals surface area contributed by atoms with Crippen molar-refractivity contribution in [2.75, 3.05) is 31.3 Å². The van der Waals surface area contributed by atoms with Crippen LogP contribution in [0, 0.1) is 5.92 Å². The molecule has 0 N–H and O–H groups in total. The third-order valence-electron chi connectivity index (χ3n) is 7.25. The Hall–Kier alpha value is -2.60. The summed E-state index contributed by atoms with van der Waals surface area (Å²) in [5.74, 6) is 2.66. The van der Waals surface area contributed by atoms with E-state index in [1.807, 2.05) is 23.1 Å². The van der Waals surface area contributed by atoms with E-state index in [0.29, 0.717) is 18.5 Å². The Kier molecular flexibility index (Phi) is 11.1. The highest BCUT2D eigenvalue weighted by Gasteiger charge is 2.27. The number of carbonyl (C=O) groups excluding carboxylic acids is 1. The lowest BCUT2D eigenvalue weighted by Gasteiger charge is -2.36. The minimum Gasteiger partial charge on any atom is -0.454 e. The number of anilines is 1. The van der Waals surface area contributed by atoms with Crippen molar-refractivity contribution in [3.63, 3.8) is 0 Å². The number of carbonyl (C=O) groups is 1. The summed E-state index contributed by atoms with van der Waals surface area (Å²) >= 11 is 0. The topological polar surface area (TPSA) is 54.9 Å². The van der Waals surface area contributed by atoms with Gasteiger partial charge in [-0.15, -0.1) is 0 Å². The lowest BCUT2D eigenvalue weighted by Crippen LogP contribution is -2.46.